The van der Waals surface area contributed by atoms with Crippen LogP contribution in [0.2, 0.25) is 0 Å². The molecular weight excluding hydrogens is 389 g/mol. The molecule has 10 nitrogen and oxygen atoms in total. The molecular formula is C17H34N3O7P. The number of rotatable bonds is 12. The van der Waals surface area contributed by atoms with Gasteiger partial charge in [-0.05, 0) is 30.8 Å². The Kier molecular flexibility index (Phi) is 10.6. The molecule has 0 amide bonds. The second-order valence-electron chi connectivity index (χ2n) is 6.99. The van der Waals surface area contributed by atoms with E-state index >= 15 is 0 Å². The molecule has 0 aliphatic heterocycles. The third-order valence-corrected chi connectivity index (χ3v) is 6.43. The van der Waals surface area contributed by atoms with E-state index in [0.29, 0.717) is 6.61 Å². The molecule has 0 radical (unpaired) electrons. The largest absolute Gasteiger partial charge is 0.394 e. The summed E-state index contributed by atoms with van der Waals surface area (Å²) in [4.78, 5) is 14.4. The molecule has 8 N–H and O–H groups in total. The molecule has 164 valence electrons. The topological polar surface area (TPSA) is 181 Å². The van der Waals surface area contributed by atoms with E-state index in [-0.39, 0.29) is 36.8 Å². The highest BCUT2D eigenvalue weighted by molar-refractivity contribution is 7.57. The summed E-state index contributed by atoms with van der Waals surface area (Å²) in [5.41, 5.74) is 10.9. The van der Waals surface area contributed by atoms with E-state index in [9.17, 15) is 19.7 Å². The zero-order chi connectivity index (χ0) is 21.3. The third kappa shape index (κ3) is 7.44. The Balaban J connectivity index is 2.93. The summed E-state index contributed by atoms with van der Waals surface area (Å²) in [6, 6.07) is -0.677. The van der Waals surface area contributed by atoms with Crippen LogP contribution < -0.4 is 11.5 Å². The lowest BCUT2D eigenvalue weighted by Gasteiger charge is -2.37. The van der Waals surface area contributed by atoms with Crippen LogP contribution in [0.1, 0.15) is 33.1 Å². The predicted octanol–water partition coefficient (Wildman–Crippen LogP) is -0.0989. The lowest BCUT2D eigenvalue weighted by molar-refractivity contribution is -0.0569. The minimum Gasteiger partial charge on any atom is -0.394 e. The van der Waals surface area contributed by atoms with Crippen LogP contribution in [0.5, 0.6) is 0 Å². The molecule has 1 unspecified atom stereocenters. The van der Waals surface area contributed by atoms with Crippen LogP contribution >= 0.6 is 7.60 Å². The molecule has 0 spiro atoms. The number of ether oxygens (including phenoxy) is 1. The normalized spacial score (nSPS) is 26.8. The number of hydrogen-bond acceptors (Lipinski definition) is 7. The highest BCUT2D eigenvalue weighted by Gasteiger charge is 2.42. The Hall–Kier alpha value is -1.00. The van der Waals surface area contributed by atoms with Gasteiger partial charge in [0.25, 0.3) is 0 Å². The molecule has 0 saturated carbocycles. The molecule has 1 aliphatic carbocycles. The fourth-order valence-electron chi connectivity index (χ4n) is 3.11. The Morgan fingerprint density at radius 2 is 2.04 bits per heavy atom. The number of guanidine groups is 1. The lowest BCUT2D eigenvalue weighted by Crippen LogP contribution is -2.44. The standard InChI is InChI=1S/C17H34N3O7P/c1-3-4-5-26-6-7-27-28(24,25)12-8-13(16(23)15(22)10-21)11(2)14(9-12)20-17(18)19/h9,11,13-16,21-23H,3-8,10H2,1-2H3,(H,24,25)(H4,18,19,20)/t11-,13+,14-,15+,16-/m0/s1. The van der Waals surface area contributed by atoms with Crippen molar-refractivity contribution in [1.29, 1.82) is 0 Å². The molecule has 0 saturated heterocycles. The van der Waals surface area contributed by atoms with E-state index in [1.807, 2.05) is 6.92 Å². The van der Waals surface area contributed by atoms with Gasteiger partial charge in [-0.3, -0.25) is 4.57 Å². The van der Waals surface area contributed by atoms with Crippen LogP contribution in [0.25, 0.3) is 0 Å². The van der Waals surface area contributed by atoms with Crippen molar-refractivity contribution in [3.63, 3.8) is 0 Å². The van der Waals surface area contributed by atoms with E-state index < -0.39 is 38.4 Å². The van der Waals surface area contributed by atoms with E-state index in [0.717, 1.165) is 12.8 Å². The maximum absolute atomic E-state index is 12.7. The fourth-order valence-corrected chi connectivity index (χ4v) is 4.38. The monoisotopic (exact) mass is 423 g/mol. The number of allylic oxidation sites excluding steroid dienone is 1. The first kappa shape index (κ1) is 25.0. The Morgan fingerprint density at radius 3 is 2.61 bits per heavy atom. The average molecular weight is 423 g/mol. The van der Waals surface area contributed by atoms with Crippen LogP contribution in [0.4, 0.5) is 0 Å². The molecule has 0 fully saturated rings. The van der Waals surface area contributed by atoms with E-state index in [1.165, 1.54) is 6.08 Å². The Labute approximate surface area is 165 Å². The first-order chi connectivity index (χ1) is 13.1. The number of nitrogens with zero attached hydrogens (tertiary/aromatic N) is 1. The van der Waals surface area contributed by atoms with Gasteiger partial charge in [-0.1, -0.05) is 20.3 Å². The molecule has 11 heteroatoms. The minimum absolute atomic E-state index is 0.000356. The van der Waals surface area contributed by atoms with Crippen LogP contribution in [0, 0.1) is 11.8 Å². The summed E-state index contributed by atoms with van der Waals surface area (Å²) < 4.78 is 23.2. The molecule has 28 heavy (non-hydrogen) atoms. The summed E-state index contributed by atoms with van der Waals surface area (Å²) in [7, 11) is -4.17. The van der Waals surface area contributed by atoms with Crippen molar-refractivity contribution in [2.24, 2.45) is 28.3 Å². The van der Waals surface area contributed by atoms with Gasteiger partial charge in [0.15, 0.2) is 5.96 Å². The van der Waals surface area contributed by atoms with Crippen molar-refractivity contribution in [2.75, 3.05) is 26.4 Å². The number of unbranched alkanes of at least 4 members (excludes halogenated alkanes) is 1. The van der Waals surface area contributed by atoms with E-state index in [4.69, 9.17) is 25.8 Å². The maximum Gasteiger partial charge on any atom is 0.354 e. The van der Waals surface area contributed by atoms with Gasteiger partial charge in [-0.2, -0.15) is 0 Å². The minimum atomic E-state index is -4.17. The molecule has 0 aromatic heterocycles. The van der Waals surface area contributed by atoms with Crippen molar-refractivity contribution < 1.29 is 34.0 Å². The van der Waals surface area contributed by atoms with Crippen molar-refractivity contribution in [2.45, 2.75) is 51.4 Å². The number of nitrogens with two attached hydrogens (primary N) is 2. The number of aliphatic hydroxyl groups excluding tert-OH is 3. The van der Waals surface area contributed by atoms with E-state index in [2.05, 4.69) is 4.99 Å². The van der Waals surface area contributed by atoms with Crippen molar-refractivity contribution in [3.8, 4) is 0 Å². The lowest BCUT2D eigenvalue weighted by atomic mass is 9.76. The molecule has 0 bridgehead atoms. The van der Waals surface area contributed by atoms with Gasteiger partial charge in [0.05, 0.1) is 32.0 Å². The van der Waals surface area contributed by atoms with Crippen LogP contribution in [0.3, 0.4) is 0 Å². The summed E-state index contributed by atoms with van der Waals surface area (Å²) >= 11 is 0. The number of aliphatic imine (C=N–C) groups is 1. The number of hydrogen-bond donors (Lipinski definition) is 6. The highest BCUT2D eigenvalue weighted by Crippen LogP contribution is 2.56. The molecule has 0 aromatic rings. The van der Waals surface area contributed by atoms with Gasteiger partial charge in [0.2, 0.25) is 0 Å². The van der Waals surface area contributed by atoms with Crippen LogP contribution in [0.15, 0.2) is 16.4 Å². The fraction of sp³-hybridized carbons (Fsp3) is 0.824. The van der Waals surface area contributed by atoms with Gasteiger partial charge in [0, 0.05) is 11.9 Å². The smallest absolute Gasteiger partial charge is 0.354 e. The van der Waals surface area contributed by atoms with Crippen molar-refractivity contribution >= 4 is 13.6 Å². The van der Waals surface area contributed by atoms with Gasteiger partial charge >= 0.3 is 7.60 Å². The Morgan fingerprint density at radius 1 is 1.36 bits per heavy atom. The third-order valence-electron chi connectivity index (χ3n) is 4.84. The average Bonchev–Trinajstić information content (AvgIpc) is 2.64. The summed E-state index contributed by atoms with van der Waals surface area (Å²) in [6.45, 7) is 3.82. The quantitative estimate of drug-likeness (QED) is 0.108. The second-order valence-corrected chi connectivity index (χ2v) is 8.86. The van der Waals surface area contributed by atoms with Crippen LogP contribution in [-0.2, 0) is 13.8 Å². The van der Waals surface area contributed by atoms with Gasteiger partial charge in [0.1, 0.15) is 6.10 Å². The zero-order valence-corrected chi connectivity index (χ0v) is 17.4. The maximum atomic E-state index is 12.7. The van der Waals surface area contributed by atoms with Crippen LogP contribution in [-0.4, -0.2) is 70.8 Å². The summed E-state index contributed by atoms with van der Waals surface area (Å²) in [6.07, 6.45) is 0.639. The zero-order valence-electron chi connectivity index (χ0n) is 16.5. The number of aliphatic hydroxyl groups is 3. The van der Waals surface area contributed by atoms with Crippen molar-refractivity contribution in [3.05, 3.63) is 11.4 Å². The van der Waals surface area contributed by atoms with Crippen molar-refractivity contribution in [1.82, 2.24) is 0 Å². The predicted molar refractivity (Wildman–Crippen MR) is 106 cm³/mol. The SMILES string of the molecule is CCCCOCCOP(=O)(O)C1=C[C@H](N=C(N)N)[C@@H](C)[C@H]([C@H](O)[C@H](O)CO)C1. The molecule has 6 atom stereocenters. The molecule has 0 heterocycles. The summed E-state index contributed by atoms with van der Waals surface area (Å²) in [5.74, 6) is -1.21. The van der Waals surface area contributed by atoms with Gasteiger partial charge < -0.3 is 40.9 Å². The Bertz CT molecular complexity index is 583. The first-order valence-corrected chi connectivity index (χ1v) is 11.0. The van der Waals surface area contributed by atoms with Gasteiger partial charge in [-0.15, -0.1) is 0 Å². The molecule has 0 aromatic carbocycles. The van der Waals surface area contributed by atoms with Gasteiger partial charge in [-0.25, -0.2) is 4.99 Å². The highest BCUT2D eigenvalue weighted by atomic mass is 31.2. The van der Waals surface area contributed by atoms with E-state index in [1.54, 1.807) is 6.92 Å². The first-order valence-electron chi connectivity index (χ1n) is 9.46. The second kappa shape index (κ2) is 11.9. The summed E-state index contributed by atoms with van der Waals surface area (Å²) in [5, 5.41) is 29.4. The molecule has 1 rings (SSSR count). The molecule has 1 aliphatic rings.